The largest absolute Gasteiger partial charge is 0.355 e. The topological polar surface area (TPSA) is 58.1 Å². The fourth-order valence-corrected chi connectivity index (χ4v) is 3.09. The smallest absolute Gasteiger partial charge is 0.223 e. The van der Waals surface area contributed by atoms with Crippen molar-refractivity contribution in [2.45, 2.75) is 32.7 Å². The van der Waals surface area contributed by atoms with Crippen molar-refractivity contribution in [3.63, 3.8) is 0 Å². The molecule has 0 spiro atoms. The number of rotatable bonds is 4. The van der Waals surface area contributed by atoms with Crippen LogP contribution in [0.3, 0.4) is 0 Å². The highest BCUT2D eigenvalue weighted by Gasteiger charge is 2.26. The number of piperidine rings is 1. The number of nitrogens with zero attached hydrogens (tertiary/aromatic N) is 3. The van der Waals surface area contributed by atoms with Crippen LogP contribution < -0.4 is 10.2 Å². The molecule has 1 aliphatic rings. The second-order valence-electron chi connectivity index (χ2n) is 6.44. The summed E-state index contributed by atoms with van der Waals surface area (Å²) in [6.07, 6.45) is 1.70. The van der Waals surface area contributed by atoms with E-state index in [1.54, 1.807) is 0 Å². The van der Waals surface area contributed by atoms with Crippen LogP contribution in [0, 0.1) is 12.8 Å². The molecule has 0 aliphatic carbocycles. The Bertz CT molecular complexity index is 664. The number of nitrogens with one attached hydrogen (secondary N) is 1. The van der Waals surface area contributed by atoms with E-state index >= 15 is 0 Å². The van der Waals surface area contributed by atoms with Crippen molar-refractivity contribution < 1.29 is 4.79 Å². The third-order valence-corrected chi connectivity index (χ3v) is 4.63. The van der Waals surface area contributed by atoms with Crippen molar-refractivity contribution >= 4 is 11.7 Å². The van der Waals surface area contributed by atoms with Crippen molar-refractivity contribution in [1.29, 1.82) is 0 Å². The minimum Gasteiger partial charge on any atom is -0.355 e. The maximum Gasteiger partial charge on any atom is 0.223 e. The van der Waals surface area contributed by atoms with Crippen molar-refractivity contribution in [2.75, 3.05) is 18.0 Å². The molecule has 5 nitrogen and oxygen atoms in total. The lowest BCUT2D eigenvalue weighted by Crippen LogP contribution is -2.41. The van der Waals surface area contributed by atoms with Gasteiger partial charge in [0.2, 0.25) is 5.91 Å². The summed E-state index contributed by atoms with van der Waals surface area (Å²) < 4.78 is 0. The standard InChI is InChI=1S/C19H24N4O/c1-14-8-9-18(22-21-14)23-12-10-17(11-13-23)19(24)20-15(2)16-6-4-3-5-7-16/h3-9,15,17H,10-13H2,1-2H3,(H,20,24). The summed E-state index contributed by atoms with van der Waals surface area (Å²) in [5, 5.41) is 11.5. The Morgan fingerprint density at radius 1 is 1.12 bits per heavy atom. The summed E-state index contributed by atoms with van der Waals surface area (Å²) in [4.78, 5) is 14.7. The molecule has 0 bridgehead atoms. The number of hydrogen-bond donors (Lipinski definition) is 1. The van der Waals surface area contributed by atoms with Crippen LogP contribution in [0.5, 0.6) is 0 Å². The highest BCUT2D eigenvalue weighted by atomic mass is 16.1. The lowest BCUT2D eigenvalue weighted by Gasteiger charge is -2.32. The van der Waals surface area contributed by atoms with Crippen LogP contribution in [-0.2, 0) is 4.79 Å². The van der Waals surface area contributed by atoms with Gasteiger partial charge < -0.3 is 10.2 Å². The van der Waals surface area contributed by atoms with E-state index in [0.29, 0.717) is 0 Å². The molecule has 5 heteroatoms. The molecular formula is C19H24N4O. The molecule has 1 amide bonds. The maximum atomic E-state index is 12.5. The molecule has 126 valence electrons. The third-order valence-electron chi connectivity index (χ3n) is 4.63. The summed E-state index contributed by atoms with van der Waals surface area (Å²) in [5.74, 6) is 1.13. The number of amides is 1. The van der Waals surface area contributed by atoms with Gasteiger partial charge in [-0.1, -0.05) is 30.3 Å². The van der Waals surface area contributed by atoms with E-state index in [9.17, 15) is 4.79 Å². The Morgan fingerprint density at radius 2 is 1.83 bits per heavy atom. The Morgan fingerprint density at radius 3 is 2.46 bits per heavy atom. The molecule has 24 heavy (non-hydrogen) atoms. The molecule has 0 radical (unpaired) electrons. The van der Waals surface area contributed by atoms with Crippen molar-refractivity contribution in [3.05, 3.63) is 53.7 Å². The molecule has 2 aromatic rings. The van der Waals surface area contributed by atoms with Gasteiger partial charge >= 0.3 is 0 Å². The molecule has 1 aromatic carbocycles. The monoisotopic (exact) mass is 324 g/mol. The molecule has 1 atom stereocenters. The van der Waals surface area contributed by atoms with Crippen LogP contribution in [0.2, 0.25) is 0 Å². The normalized spacial score (nSPS) is 16.7. The first kappa shape index (κ1) is 16.4. The zero-order valence-corrected chi connectivity index (χ0v) is 14.3. The summed E-state index contributed by atoms with van der Waals surface area (Å²) in [5.41, 5.74) is 2.06. The Balaban J connectivity index is 1.52. The molecule has 3 rings (SSSR count). The van der Waals surface area contributed by atoms with Crippen LogP contribution in [0.4, 0.5) is 5.82 Å². The number of anilines is 1. The summed E-state index contributed by atoms with van der Waals surface area (Å²) in [6, 6.07) is 14.1. The van der Waals surface area contributed by atoms with Crippen LogP contribution in [-0.4, -0.2) is 29.2 Å². The first-order valence-corrected chi connectivity index (χ1v) is 8.54. The zero-order valence-electron chi connectivity index (χ0n) is 14.3. The van der Waals surface area contributed by atoms with Crippen molar-refractivity contribution in [3.8, 4) is 0 Å². The molecule has 1 N–H and O–H groups in total. The first-order valence-electron chi connectivity index (χ1n) is 8.54. The number of carbonyl (C=O) groups is 1. The number of benzene rings is 1. The van der Waals surface area contributed by atoms with Gasteiger partial charge in [-0.2, -0.15) is 5.10 Å². The average molecular weight is 324 g/mol. The maximum absolute atomic E-state index is 12.5. The summed E-state index contributed by atoms with van der Waals surface area (Å²) in [7, 11) is 0. The third kappa shape index (κ3) is 3.91. The number of hydrogen-bond acceptors (Lipinski definition) is 4. The van der Waals surface area contributed by atoms with Gasteiger partial charge in [-0.3, -0.25) is 4.79 Å². The summed E-state index contributed by atoms with van der Waals surface area (Å²) in [6.45, 7) is 5.65. The predicted octanol–water partition coefficient (Wildman–Crippen LogP) is 2.88. The fourth-order valence-electron chi connectivity index (χ4n) is 3.09. The predicted molar refractivity (Wildman–Crippen MR) is 94.7 cm³/mol. The minimum absolute atomic E-state index is 0.0414. The van der Waals surface area contributed by atoms with E-state index in [0.717, 1.165) is 43.0 Å². The molecule has 2 heterocycles. The van der Waals surface area contributed by atoms with Crippen LogP contribution >= 0.6 is 0 Å². The molecule has 1 fully saturated rings. The number of aryl methyl sites for hydroxylation is 1. The van der Waals surface area contributed by atoms with Gasteiger partial charge in [0.1, 0.15) is 0 Å². The highest BCUT2D eigenvalue weighted by molar-refractivity contribution is 5.79. The fraction of sp³-hybridized carbons (Fsp3) is 0.421. The van der Waals surface area contributed by atoms with Gasteiger partial charge in [0, 0.05) is 19.0 Å². The van der Waals surface area contributed by atoms with Crippen LogP contribution in [0.25, 0.3) is 0 Å². The number of aromatic nitrogens is 2. The van der Waals surface area contributed by atoms with E-state index in [4.69, 9.17) is 0 Å². The van der Waals surface area contributed by atoms with Crippen LogP contribution in [0.15, 0.2) is 42.5 Å². The van der Waals surface area contributed by atoms with Crippen molar-refractivity contribution in [1.82, 2.24) is 15.5 Å². The molecule has 1 saturated heterocycles. The molecule has 1 aliphatic heterocycles. The van der Waals surface area contributed by atoms with Crippen molar-refractivity contribution in [2.24, 2.45) is 5.92 Å². The Hall–Kier alpha value is -2.43. The van der Waals surface area contributed by atoms with E-state index in [-0.39, 0.29) is 17.9 Å². The number of carbonyl (C=O) groups excluding carboxylic acids is 1. The second kappa shape index (κ2) is 7.43. The Labute approximate surface area is 143 Å². The van der Waals surface area contributed by atoms with E-state index in [1.165, 1.54) is 0 Å². The van der Waals surface area contributed by atoms with E-state index in [2.05, 4.69) is 20.4 Å². The molecule has 1 aromatic heterocycles. The molecule has 1 unspecified atom stereocenters. The Kier molecular flexibility index (Phi) is 5.08. The SMILES string of the molecule is Cc1ccc(N2CCC(C(=O)NC(C)c3ccccc3)CC2)nn1. The average Bonchev–Trinajstić information content (AvgIpc) is 2.63. The van der Waals surface area contributed by atoms with E-state index in [1.807, 2.05) is 56.3 Å². The van der Waals surface area contributed by atoms with Gasteiger partial charge in [0.25, 0.3) is 0 Å². The second-order valence-corrected chi connectivity index (χ2v) is 6.44. The molecule has 0 saturated carbocycles. The first-order chi connectivity index (χ1) is 11.6. The lowest BCUT2D eigenvalue weighted by atomic mass is 9.95. The highest BCUT2D eigenvalue weighted by Crippen LogP contribution is 2.22. The lowest BCUT2D eigenvalue weighted by molar-refractivity contribution is -0.126. The minimum atomic E-state index is 0.0414. The quantitative estimate of drug-likeness (QED) is 0.939. The van der Waals surface area contributed by atoms with Gasteiger partial charge in [0.15, 0.2) is 5.82 Å². The van der Waals surface area contributed by atoms with Gasteiger partial charge in [0.05, 0.1) is 11.7 Å². The zero-order chi connectivity index (χ0) is 16.9. The van der Waals surface area contributed by atoms with Gasteiger partial charge in [-0.15, -0.1) is 5.10 Å². The van der Waals surface area contributed by atoms with Crippen LogP contribution in [0.1, 0.15) is 37.1 Å². The van der Waals surface area contributed by atoms with Gasteiger partial charge in [-0.05, 0) is 44.4 Å². The van der Waals surface area contributed by atoms with E-state index < -0.39 is 0 Å². The van der Waals surface area contributed by atoms with Gasteiger partial charge in [-0.25, -0.2) is 0 Å². The molecular weight excluding hydrogens is 300 g/mol. The summed E-state index contributed by atoms with van der Waals surface area (Å²) >= 11 is 0.